The SMILES string of the molecule is C=C1/C=C\C=C/N(c2cccc(C3=CC=CC(C4=CC=CCC4)N3)c2)c2cc(-c3ccc4c(c3)c3ccccc3n4-c3ccccc3)ccc21. The summed E-state index contributed by atoms with van der Waals surface area (Å²) >= 11 is 0. The molecule has 9 rings (SSSR count). The standard InChI is InChI=1S/C47H37N3/c1-33-14-10-11-29-49(39-20-12-17-37(30-39)44-23-13-22-43(48-44)34-15-4-2-5-16-34)47-32-36(25-27-40(33)47)35-26-28-46-42(31-35)41-21-8-9-24-45(41)50(46)38-18-6-3-7-19-38/h2-4,6-15,17-32,43,48H,1,5,16H2/b14-10-,29-11-. The third-order valence-electron chi connectivity index (χ3n) is 10.0. The fourth-order valence-electron chi connectivity index (χ4n) is 7.52. The average molecular weight is 644 g/mol. The van der Waals surface area contributed by atoms with Crippen LogP contribution in [0.15, 0.2) is 188 Å². The molecule has 0 radical (unpaired) electrons. The molecule has 1 unspecified atom stereocenters. The van der Waals surface area contributed by atoms with Gasteiger partial charge >= 0.3 is 0 Å². The van der Waals surface area contributed by atoms with Gasteiger partial charge < -0.3 is 14.8 Å². The maximum atomic E-state index is 4.45. The van der Waals surface area contributed by atoms with Gasteiger partial charge in [-0.2, -0.15) is 0 Å². The number of benzene rings is 5. The summed E-state index contributed by atoms with van der Waals surface area (Å²) in [6, 6.07) is 42.0. The molecule has 1 aromatic heterocycles. The van der Waals surface area contributed by atoms with Gasteiger partial charge in [-0.15, -0.1) is 0 Å². The third-order valence-corrected chi connectivity index (χ3v) is 10.0. The van der Waals surface area contributed by atoms with Gasteiger partial charge in [0, 0.05) is 39.6 Å². The van der Waals surface area contributed by atoms with Gasteiger partial charge in [-0.05, 0) is 101 Å². The van der Waals surface area contributed by atoms with Crippen LogP contribution in [0.25, 0.3) is 49.9 Å². The third kappa shape index (κ3) is 5.34. The zero-order valence-electron chi connectivity index (χ0n) is 27.8. The molecule has 0 saturated heterocycles. The molecule has 2 aliphatic heterocycles. The zero-order valence-corrected chi connectivity index (χ0v) is 27.8. The van der Waals surface area contributed by atoms with E-state index in [0.717, 1.165) is 57.9 Å². The maximum absolute atomic E-state index is 4.45. The molecule has 5 aromatic carbocycles. The van der Waals surface area contributed by atoms with Crippen molar-refractivity contribution in [2.24, 2.45) is 0 Å². The van der Waals surface area contributed by atoms with Crippen molar-refractivity contribution in [1.82, 2.24) is 9.88 Å². The molecule has 3 heteroatoms. The molecule has 0 saturated carbocycles. The van der Waals surface area contributed by atoms with Gasteiger partial charge in [-0.1, -0.05) is 116 Å². The van der Waals surface area contributed by atoms with E-state index in [0.29, 0.717) is 0 Å². The lowest BCUT2D eigenvalue weighted by Gasteiger charge is -2.28. The number of rotatable bonds is 5. The quantitative estimate of drug-likeness (QED) is 0.202. The van der Waals surface area contributed by atoms with Crippen LogP contribution in [0.4, 0.5) is 11.4 Å². The molecule has 3 aliphatic rings. The highest BCUT2D eigenvalue weighted by Crippen LogP contribution is 2.40. The Morgan fingerprint density at radius 3 is 2.36 bits per heavy atom. The minimum absolute atomic E-state index is 0.209. The topological polar surface area (TPSA) is 20.2 Å². The Kier molecular flexibility index (Phi) is 7.51. The van der Waals surface area contributed by atoms with E-state index in [1.807, 2.05) is 0 Å². The van der Waals surface area contributed by atoms with Crippen molar-refractivity contribution < 1.29 is 0 Å². The number of allylic oxidation sites excluding steroid dienone is 9. The van der Waals surface area contributed by atoms with E-state index in [2.05, 4.69) is 198 Å². The molecule has 0 fully saturated rings. The first-order valence-corrected chi connectivity index (χ1v) is 17.4. The molecule has 50 heavy (non-hydrogen) atoms. The Labute approximate surface area is 293 Å². The Morgan fingerprint density at radius 2 is 1.46 bits per heavy atom. The molecule has 1 N–H and O–H groups in total. The predicted octanol–water partition coefficient (Wildman–Crippen LogP) is 11.8. The molecule has 1 atom stereocenters. The molecule has 240 valence electrons. The van der Waals surface area contributed by atoms with Crippen LogP contribution in [0.1, 0.15) is 24.0 Å². The second-order valence-corrected chi connectivity index (χ2v) is 13.1. The van der Waals surface area contributed by atoms with E-state index < -0.39 is 0 Å². The summed E-state index contributed by atoms with van der Waals surface area (Å²) in [5.41, 5.74) is 13.9. The molecule has 3 heterocycles. The molecular weight excluding hydrogens is 607 g/mol. The predicted molar refractivity (Wildman–Crippen MR) is 213 cm³/mol. The summed E-state index contributed by atoms with van der Waals surface area (Å²) in [6.07, 6.45) is 23.9. The molecule has 1 aliphatic carbocycles. The molecule has 6 aromatic rings. The monoisotopic (exact) mass is 643 g/mol. The number of anilines is 2. The van der Waals surface area contributed by atoms with Crippen molar-refractivity contribution in [2.45, 2.75) is 18.9 Å². The van der Waals surface area contributed by atoms with E-state index in [1.165, 1.54) is 32.9 Å². The number of nitrogens with one attached hydrogen (secondary N) is 1. The highest BCUT2D eigenvalue weighted by Gasteiger charge is 2.20. The first kappa shape index (κ1) is 29.8. The molecule has 0 spiro atoms. The number of fused-ring (bicyclic) bond motifs is 4. The van der Waals surface area contributed by atoms with Crippen molar-refractivity contribution in [3.05, 3.63) is 199 Å². The summed E-state index contributed by atoms with van der Waals surface area (Å²) in [5, 5.41) is 6.29. The highest BCUT2D eigenvalue weighted by atomic mass is 15.1. The van der Waals surface area contributed by atoms with Crippen molar-refractivity contribution in [3.63, 3.8) is 0 Å². The number of hydrogen-bond donors (Lipinski definition) is 1. The second kappa shape index (κ2) is 12.6. The summed E-state index contributed by atoms with van der Waals surface area (Å²) < 4.78 is 2.36. The van der Waals surface area contributed by atoms with Crippen LogP contribution in [-0.4, -0.2) is 10.6 Å². The Bertz CT molecular complexity index is 2480. The summed E-state index contributed by atoms with van der Waals surface area (Å²) in [4.78, 5) is 2.29. The molecule has 0 amide bonds. The lowest BCUT2D eigenvalue weighted by Crippen LogP contribution is -2.30. The summed E-state index contributed by atoms with van der Waals surface area (Å²) in [5.74, 6) is 0. The normalized spacial score (nSPS) is 18.2. The van der Waals surface area contributed by atoms with Crippen molar-refractivity contribution in [3.8, 4) is 16.8 Å². The van der Waals surface area contributed by atoms with Crippen LogP contribution in [-0.2, 0) is 0 Å². The molecular formula is C47H37N3. The van der Waals surface area contributed by atoms with Crippen LogP contribution in [0.5, 0.6) is 0 Å². The number of nitrogens with zero attached hydrogens (tertiary/aromatic N) is 2. The van der Waals surface area contributed by atoms with Gasteiger partial charge in [0.15, 0.2) is 0 Å². The first-order chi connectivity index (χ1) is 24.7. The Hall–Kier alpha value is -6.32. The van der Waals surface area contributed by atoms with Gasteiger partial charge in [0.25, 0.3) is 0 Å². The fourth-order valence-corrected chi connectivity index (χ4v) is 7.52. The Balaban J connectivity index is 1.12. The van der Waals surface area contributed by atoms with Crippen LogP contribution in [0.2, 0.25) is 0 Å². The fraction of sp³-hybridized carbons (Fsp3) is 0.0638. The van der Waals surface area contributed by atoms with E-state index in [1.54, 1.807) is 0 Å². The lowest BCUT2D eigenvalue weighted by molar-refractivity contribution is 0.747. The second-order valence-electron chi connectivity index (χ2n) is 13.1. The number of dihydropyridines is 1. The van der Waals surface area contributed by atoms with Crippen molar-refractivity contribution in [1.29, 1.82) is 0 Å². The number of aromatic nitrogens is 1. The summed E-state index contributed by atoms with van der Waals surface area (Å²) in [7, 11) is 0. The van der Waals surface area contributed by atoms with E-state index in [9.17, 15) is 0 Å². The molecule has 0 bridgehead atoms. The highest BCUT2D eigenvalue weighted by molar-refractivity contribution is 6.10. The lowest BCUT2D eigenvalue weighted by atomic mass is 9.94. The van der Waals surface area contributed by atoms with Gasteiger partial charge in [0.05, 0.1) is 22.8 Å². The number of para-hydroxylation sites is 2. The van der Waals surface area contributed by atoms with Crippen LogP contribution in [0.3, 0.4) is 0 Å². The van der Waals surface area contributed by atoms with Crippen molar-refractivity contribution in [2.75, 3.05) is 4.90 Å². The van der Waals surface area contributed by atoms with Gasteiger partial charge in [-0.3, -0.25) is 0 Å². The molecule has 3 nitrogen and oxygen atoms in total. The van der Waals surface area contributed by atoms with Crippen molar-refractivity contribution >= 4 is 44.5 Å². The minimum atomic E-state index is 0.209. The van der Waals surface area contributed by atoms with Crippen LogP contribution in [0, 0.1) is 0 Å². The van der Waals surface area contributed by atoms with E-state index in [-0.39, 0.29) is 6.04 Å². The smallest absolute Gasteiger partial charge is 0.0664 e. The van der Waals surface area contributed by atoms with Gasteiger partial charge in [0.2, 0.25) is 0 Å². The van der Waals surface area contributed by atoms with E-state index in [4.69, 9.17) is 0 Å². The Morgan fingerprint density at radius 1 is 0.640 bits per heavy atom. The van der Waals surface area contributed by atoms with Crippen LogP contribution < -0.4 is 10.2 Å². The van der Waals surface area contributed by atoms with E-state index >= 15 is 0 Å². The summed E-state index contributed by atoms with van der Waals surface area (Å²) in [6.45, 7) is 4.45. The minimum Gasteiger partial charge on any atom is -0.375 e. The van der Waals surface area contributed by atoms with Crippen LogP contribution >= 0.6 is 0 Å². The van der Waals surface area contributed by atoms with Gasteiger partial charge in [-0.25, -0.2) is 0 Å². The zero-order chi connectivity index (χ0) is 33.4. The number of hydrogen-bond acceptors (Lipinski definition) is 2. The largest absolute Gasteiger partial charge is 0.375 e. The van der Waals surface area contributed by atoms with Gasteiger partial charge in [0.1, 0.15) is 0 Å². The first-order valence-electron chi connectivity index (χ1n) is 17.4. The average Bonchev–Trinajstić information content (AvgIpc) is 3.51. The maximum Gasteiger partial charge on any atom is 0.0664 e.